The van der Waals surface area contributed by atoms with Gasteiger partial charge in [0.05, 0.1) is 22.8 Å². The van der Waals surface area contributed by atoms with Crippen LogP contribution >= 0.6 is 0 Å². The third kappa shape index (κ3) is 6.58. The molecule has 251 valence electrons. The summed E-state index contributed by atoms with van der Waals surface area (Å²) in [6, 6.07) is 50.7. The molecule has 2 aliphatic rings. The average Bonchev–Trinajstić information content (AvgIpc) is 4.05. The first-order valence-electron chi connectivity index (χ1n) is 16.9. The van der Waals surface area contributed by atoms with Gasteiger partial charge in [0.2, 0.25) is 0 Å². The SMILES string of the molecule is C1=Cc2nc1c(-c1ccccc1)c1ccc([nH]1)c(-c1ccccc1)c1nc(c(-c3ccccc3)c3ccc([nH]3)c2-c2ccccc2)C=C1.C[O][Mo]=[O]. The van der Waals surface area contributed by atoms with Gasteiger partial charge in [-0.1, -0.05) is 121 Å². The van der Waals surface area contributed by atoms with E-state index in [0.29, 0.717) is 0 Å². The third-order valence-electron chi connectivity index (χ3n) is 9.07. The van der Waals surface area contributed by atoms with Crippen molar-refractivity contribution in [3.8, 4) is 44.5 Å². The Hall–Kier alpha value is -6.07. The van der Waals surface area contributed by atoms with Gasteiger partial charge in [-0.25, -0.2) is 9.97 Å². The van der Waals surface area contributed by atoms with Crippen molar-refractivity contribution in [3.63, 3.8) is 0 Å². The van der Waals surface area contributed by atoms with Gasteiger partial charge in [0, 0.05) is 44.3 Å². The summed E-state index contributed by atoms with van der Waals surface area (Å²) in [7, 11) is 1.43. The van der Waals surface area contributed by atoms with Crippen LogP contribution in [0.25, 0.3) is 90.9 Å². The monoisotopic (exact) mass is 759 g/mol. The Morgan fingerprint density at radius 3 is 0.846 bits per heavy atom. The molecule has 7 aromatic rings. The second kappa shape index (κ2) is 15.0. The first-order valence-corrected chi connectivity index (χ1v) is 18.6. The quantitative estimate of drug-likeness (QED) is 0.171. The van der Waals surface area contributed by atoms with Gasteiger partial charge in [0.15, 0.2) is 0 Å². The van der Waals surface area contributed by atoms with Crippen LogP contribution < -0.4 is 0 Å². The van der Waals surface area contributed by atoms with Gasteiger partial charge < -0.3 is 9.97 Å². The first-order chi connectivity index (χ1) is 25.7. The molecular formula is C45H33MoN4O2. The maximum atomic E-state index is 9.21. The molecular weight excluding hydrogens is 724 g/mol. The van der Waals surface area contributed by atoms with Crippen LogP contribution in [-0.4, -0.2) is 27.0 Å². The molecule has 2 aliphatic heterocycles. The molecule has 8 bridgehead atoms. The van der Waals surface area contributed by atoms with Crippen molar-refractivity contribution >= 4 is 46.4 Å². The molecule has 0 atom stereocenters. The van der Waals surface area contributed by atoms with E-state index in [0.717, 1.165) is 89.4 Å². The molecule has 2 N–H and O–H groups in total. The van der Waals surface area contributed by atoms with E-state index in [1.54, 1.807) is 0 Å². The molecule has 52 heavy (non-hydrogen) atoms. The summed E-state index contributed by atoms with van der Waals surface area (Å²) in [5.41, 5.74) is 16.2. The normalized spacial score (nSPS) is 11.6. The number of H-pyrrole nitrogens is 2. The van der Waals surface area contributed by atoms with Crippen LogP contribution in [0.3, 0.4) is 0 Å². The summed E-state index contributed by atoms with van der Waals surface area (Å²) in [4.78, 5) is 18.3. The third-order valence-corrected chi connectivity index (χ3v) is 9.41. The van der Waals surface area contributed by atoms with E-state index in [9.17, 15) is 3.40 Å². The van der Waals surface area contributed by atoms with Gasteiger partial charge in [-0.15, -0.1) is 0 Å². The molecule has 0 unspecified atom stereocenters. The van der Waals surface area contributed by atoms with Gasteiger partial charge in [0.1, 0.15) is 0 Å². The van der Waals surface area contributed by atoms with Crippen molar-refractivity contribution in [1.82, 2.24) is 19.9 Å². The number of nitrogens with one attached hydrogen (secondary N) is 2. The molecule has 0 amide bonds. The zero-order valence-corrected chi connectivity index (χ0v) is 30.3. The second-order valence-electron chi connectivity index (χ2n) is 12.2. The van der Waals surface area contributed by atoms with Crippen molar-refractivity contribution in [3.05, 3.63) is 168 Å². The molecule has 9 rings (SSSR count). The van der Waals surface area contributed by atoms with Crippen LogP contribution in [0.1, 0.15) is 22.8 Å². The van der Waals surface area contributed by atoms with Gasteiger partial charge in [-0.3, -0.25) is 0 Å². The fraction of sp³-hybridized carbons (Fsp3) is 0.0222. The molecule has 0 aliphatic carbocycles. The number of benzene rings is 4. The van der Waals surface area contributed by atoms with E-state index in [2.05, 4.69) is 159 Å². The van der Waals surface area contributed by atoms with Crippen LogP contribution in [-0.2, 0) is 25.7 Å². The predicted molar refractivity (Wildman–Crippen MR) is 208 cm³/mol. The molecule has 4 aromatic carbocycles. The van der Waals surface area contributed by atoms with Gasteiger partial charge in [-0.2, -0.15) is 0 Å². The minimum atomic E-state index is -1.27. The van der Waals surface area contributed by atoms with Crippen molar-refractivity contribution in [1.29, 1.82) is 0 Å². The van der Waals surface area contributed by atoms with Crippen LogP contribution in [0.15, 0.2) is 146 Å². The Balaban J connectivity index is 0.000000922. The molecule has 0 radical (unpaired) electrons. The van der Waals surface area contributed by atoms with E-state index >= 15 is 0 Å². The fourth-order valence-corrected chi connectivity index (χ4v) is 6.84. The molecule has 6 nitrogen and oxygen atoms in total. The molecule has 3 aromatic heterocycles. The van der Waals surface area contributed by atoms with Crippen LogP contribution in [0, 0.1) is 0 Å². The molecule has 0 saturated heterocycles. The van der Waals surface area contributed by atoms with E-state index < -0.39 is 18.9 Å². The Morgan fingerprint density at radius 1 is 0.404 bits per heavy atom. The molecule has 5 heterocycles. The van der Waals surface area contributed by atoms with Gasteiger partial charge in [-0.05, 0) is 70.8 Å². The van der Waals surface area contributed by atoms with Crippen molar-refractivity contribution in [2.75, 3.05) is 7.11 Å². The number of hydrogen-bond acceptors (Lipinski definition) is 4. The number of hydrogen-bond donors (Lipinski definition) is 2. The number of rotatable bonds is 5. The number of aromatic amines is 2. The van der Waals surface area contributed by atoms with Crippen LogP contribution in [0.5, 0.6) is 0 Å². The zero-order valence-electron chi connectivity index (χ0n) is 28.3. The Kier molecular flexibility index (Phi) is 9.57. The Morgan fingerprint density at radius 2 is 0.635 bits per heavy atom. The molecule has 0 spiro atoms. The molecule has 0 fully saturated rings. The van der Waals surface area contributed by atoms with E-state index in [1.165, 1.54) is 7.11 Å². The van der Waals surface area contributed by atoms with Crippen molar-refractivity contribution < 1.29 is 25.7 Å². The van der Waals surface area contributed by atoms with Crippen molar-refractivity contribution in [2.24, 2.45) is 0 Å². The first kappa shape index (κ1) is 33.1. The summed E-state index contributed by atoms with van der Waals surface area (Å²) in [5, 5.41) is 0. The maximum absolute atomic E-state index is 9.21. The summed E-state index contributed by atoms with van der Waals surface area (Å²) in [6.07, 6.45) is 8.54. The zero-order chi connectivity index (χ0) is 35.3. The van der Waals surface area contributed by atoms with Gasteiger partial charge >= 0.3 is 32.8 Å². The molecule has 7 heteroatoms. The second-order valence-corrected chi connectivity index (χ2v) is 13.4. The van der Waals surface area contributed by atoms with Crippen LogP contribution in [0.2, 0.25) is 0 Å². The fourth-order valence-electron chi connectivity index (χ4n) is 6.84. The number of fused-ring (bicyclic) bond motifs is 8. The van der Waals surface area contributed by atoms with E-state index in [-0.39, 0.29) is 0 Å². The molecule has 0 saturated carbocycles. The number of nitrogens with zero attached hydrogens (tertiary/aromatic N) is 2. The average molecular weight is 758 g/mol. The minimum absolute atomic E-state index is 0.906. The topological polar surface area (TPSA) is 83.7 Å². The van der Waals surface area contributed by atoms with E-state index in [4.69, 9.17) is 9.97 Å². The van der Waals surface area contributed by atoms with E-state index in [1.807, 2.05) is 24.3 Å². The summed E-state index contributed by atoms with van der Waals surface area (Å²) >= 11 is -1.27. The number of aromatic nitrogens is 4. The predicted octanol–water partition coefficient (Wildman–Crippen LogP) is 11.3. The summed E-state index contributed by atoms with van der Waals surface area (Å²) in [5.74, 6) is 0. The standard InChI is InChI=1S/C44H30N4.CH3O.Mo.O/c1-5-13-29(14-6-1)41-33-21-23-35(45-33)42(30-15-7-2-8-16-30)37-25-27-39(47-37)44(32-19-11-4-12-20-32)40-28-26-38(48-40)43(31-17-9-3-10-18-31)36-24-22-34(41)46-36;1-2;;/h1-28,45,48H;1H3;;/q;-1;+1;. The summed E-state index contributed by atoms with van der Waals surface area (Å²) in [6.45, 7) is 0. The Labute approximate surface area is 310 Å². The Bertz CT molecular complexity index is 2260. The van der Waals surface area contributed by atoms with Crippen molar-refractivity contribution in [2.45, 2.75) is 0 Å². The summed E-state index contributed by atoms with van der Waals surface area (Å²) < 4.78 is 13.3. The van der Waals surface area contributed by atoms with Crippen LogP contribution in [0.4, 0.5) is 0 Å². The van der Waals surface area contributed by atoms with Gasteiger partial charge in [0.25, 0.3) is 0 Å².